The molecule has 0 saturated heterocycles. The summed E-state index contributed by atoms with van der Waals surface area (Å²) < 4.78 is 24.4. The Morgan fingerprint density at radius 1 is 1.28 bits per heavy atom. The summed E-state index contributed by atoms with van der Waals surface area (Å²) in [6.45, 7) is 0.843. The van der Waals surface area contributed by atoms with Crippen molar-refractivity contribution in [2.45, 2.75) is 17.2 Å². The van der Waals surface area contributed by atoms with Crippen LogP contribution < -0.4 is 5.32 Å². The topological polar surface area (TPSA) is 12.0 Å². The Bertz CT molecular complexity index is 494. The summed E-state index contributed by atoms with van der Waals surface area (Å²) >= 11 is 2.24. The van der Waals surface area contributed by atoms with E-state index in [2.05, 4.69) is 16.8 Å². The highest BCUT2D eigenvalue weighted by Crippen LogP contribution is 2.31. The minimum atomic E-state index is -2.36. The van der Waals surface area contributed by atoms with E-state index in [0.717, 1.165) is 17.0 Å². The Kier molecular flexibility index (Phi) is 4.74. The number of alkyl halides is 2. The largest absolute Gasteiger partial charge is 0.316 e. The van der Waals surface area contributed by atoms with Gasteiger partial charge in [-0.3, -0.25) is 0 Å². The van der Waals surface area contributed by atoms with Crippen LogP contribution in [-0.4, -0.2) is 12.8 Å². The number of hydrogen-bond donors (Lipinski definition) is 1. The van der Waals surface area contributed by atoms with Crippen molar-refractivity contribution < 1.29 is 8.78 Å². The molecule has 1 aromatic carbocycles. The zero-order valence-electron chi connectivity index (χ0n) is 9.82. The molecule has 5 heteroatoms. The van der Waals surface area contributed by atoms with Crippen LogP contribution in [0.3, 0.4) is 0 Å². The van der Waals surface area contributed by atoms with E-state index in [-0.39, 0.29) is 0 Å². The van der Waals surface area contributed by atoms with Crippen LogP contribution in [0.5, 0.6) is 0 Å². The van der Waals surface area contributed by atoms with E-state index in [4.69, 9.17) is 0 Å². The van der Waals surface area contributed by atoms with Gasteiger partial charge in [-0.25, -0.2) is 0 Å². The van der Waals surface area contributed by atoms with E-state index < -0.39 is 5.76 Å². The van der Waals surface area contributed by atoms with Gasteiger partial charge in [0.15, 0.2) is 0 Å². The SMILES string of the molecule is CNCc1csc(-c2ccc(SC(F)F)cc2)c1. The first kappa shape index (κ1) is 13.5. The van der Waals surface area contributed by atoms with Gasteiger partial charge in [-0.1, -0.05) is 23.9 Å². The maximum Gasteiger partial charge on any atom is 0.288 e. The van der Waals surface area contributed by atoms with Crippen LogP contribution in [-0.2, 0) is 6.54 Å². The third-order valence-electron chi connectivity index (χ3n) is 2.40. The number of thiophene rings is 1. The molecule has 1 nitrogen and oxygen atoms in total. The van der Waals surface area contributed by atoms with E-state index in [1.165, 1.54) is 5.56 Å². The molecule has 96 valence electrons. The minimum absolute atomic E-state index is 0.576. The van der Waals surface area contributed by atoms with Crippen molar-refractivity contribution in [3.8, 4) is 10.4 Å². The van der Waals surface area contributed by atoms with Gasteiger partial charge >= 0.3 is 0 Å². The van der Waals surface area contributed by atoms with Crippen molar-refractivity contribution in [1.29, 1.82) is 0 Å². The number of benzene rings is 1. The van der Waals surface area contributed by atoms with Gasteiger partial charge in [0.25, 0.3) is 5.76 Å². The third-order valence-corrected chi connectivity index (χ3v) is 4.15. The van der Waals surface area contributed by atoms with Gasteiger partial charge in [-0.05, 0) is 41.8 Å². The van der Waals surface area contributed by atoms with Crippen LogP contribution in [0.2, 0.25) is 0 Å². The van der Waals surface area contributed by atoms with Gasteiger partial charge < -0.3 is 5.32 Å². The van der Waals surface area contributed by atoms with Gasteiger partial charge in [0.1, 0.15) is 0 Å². The Morgan fingerprint density at radius 3 is 2.61 bits per heavy atom. The molecular weight excluding hydrogens is 272 g/mol. The van der Waals surface area contributed by atoms with Crippen LogP contribution in [0.1, 0.15) is 5.56 Å². The van der Waals surface area contributed by atoms with Crippen molar-refractivity contribution in [1.82, 2.24) is 5.32 Å². The summed E-state index contributed by atoms with van der Waals surface area (Å²) in [6, 6.07) is 9.38. The molecule has 0 saturated carbocycles. The predicted octanol–water partition coefficient (Wildman–Crippen LogP) is 4.45. The molecule has 1 N–H and O–H groups in total. The van der Waals surface area contributed by atoms with Gasteiger partial charge in [0.05, 0.1) is 0 Å². The maximum atomic E-state index is 12.2. The lowest BCUT2D eigenvalue weighted by molar-refractivity contribution is 0.252. The number of rotatable bonds is 5. The normalized spacial score (nSPS) is 11.1. The van der Waals surface area contributed by atoms with Crippen molar-refractivity contribution >= 4 is 23.1 Å². The van der Waals surface area contributed by atoms with E-state index >= 15 is 0 Å². The Labute approximate surface area is 113 Å². The second kappa shape index (κ2) is 6.31. The highest BCUT2D eigenvalue weighted by atomic mass is 32.2. The first-order valence-electron chi connectivity index (χ1n) is 5.46. The summed E-state index contributed by atoms with van der Waals surface area (Å²) in [7, 11) is 1.91. The van der Waals surface area contributed by atoms with Crippen LogP contribution in [0.25, 0.3) is 10.4 Å². The lowest BCUT2D eigenvalue weighted by Crippen LogP contribution is -2.03. The van der Waals surface area contributed by atoms with E-state index in [0.29, 0.717) is 16.7 Å². The molecule has 0 aliphatic carbocycles. The van der Waals surface area contributed by atoms with E-state index in [9.17, 15) is 8.78 Å². The Hall–Kier alpha value is -0.910. The Balaban J connectivity index is 2.12. The summed E-state index contributed by atoms with van der Waals surface area (Å²) in [5.41, 5.74) is 2.31. The lowest BCUT2D eigenvalue weighted by atomic mass is 10.2. The second-order valence-corrected chi connectivity index (χ2v) is 5.73. The van der Waals surface area contributed by atoms with Crippen molar-refractivity contribution in [3.63, 3.8) is 0 Å². The summed E-state index contributed by atoms with van der Waals surface area (Å²) in [5, 5.41) is 5.20. The fourth-order valence-electron chi connectivity index (χ4n) is 1.62. The van der Waals surface area contributed by atoms with Crippen molar-refractivity contribution in [2.24, 2.45) is 0 Å². The molecule has 2 aromatic rings. The van der Waals surface area contributed by atoms with E-state index in [1.807, 2.05) is 19.2 Å². The van der Waals surface area contributed by atoms with Crippen LogP contribution in [0, 0.1) is 0 Å². The molecular formula is C13H13F2NS2. The maximum absolute atomic E-state index is 12.2. The molecule has 0 radical (unpaired) electrons. The molecule has 0 atom stereocenters. The fraction of sp³-hybridized carbons (Fsp3) is 0.231. The van der Waals surface area contributed by atoms with Crippen molar-refractivity contribution in [2.75, 3.05) is 7.05 Å². The van der Waals surface area contributed by atoms with Crippen LogP contribution in [0.15, 0.2) is 40.6 Å². The molecule has 0 aliphatic rings. The number of hydrogen-bond acceptors (Lipinski definition) is 3. The molecule has 0 bridgehead atoms. The zero-order valence-corrected chi connectivity index (χ0v) is 11.5. The standard InChI is InChI=1S/C13H13F2NS2/c1-16-7-9-6-12(17-8-9)10-2-4-11(5-3-10)18-13(14)15/h2-6,8,13,16H,7H2,1H3. The van der Waals surface area contributed by atoms with Gasteiger partial charge in [0, 0.05) is 16.3 Å². The van der Waals surface area contributed by atoms with Crippen LogP contribution >= 0.6 is 23.1 Å². The summed E-state index contributed by atoms with van der Waals surface area (Å²) in [4.78, 5) is 1.76. The quantitative estimate of drug-likeness (QED) is 0.815. The molecule has 0 unspecified atom stereocenters. The third kappa shape index (κ3) is 3.54. The summed E-state index contributed by atoms with van der Waals surface area (Å²) in [6.07, 6.45) is 0. The fourth-order valence-corrected chi connectivity index (χ4v) is 3.04. The smallest absolute Gasteiger partial charge is 0.288 e. The molecule has 0 spiro atoms. The van der Waals surface area contributed by atoms with E-state index in [1.54, 1.807) is 23.5 Å². The zero-order chi connectivity index (χ0) is 13.0. The average Bonchev–Trinajstić information content (AvgIpc) is 2.78. The van der Waals surface area contributed by atoms with Crippen molar-refractivity contribution in [3.05, 3.63) is 41.3 Å². The van der Waals surface area contributed by atoms with Crippen LogP contribution in [0.4, 0.5) is 8.78 Å². The highest BCUT2D eigenvalue weighted by molar-refractivity contribution is 7.99. The number of nitrogens with one attached hydrogen (secondary N) is 1. The molecule has 0 aliphatic heterocycles. The minimum Gasteiger partial charge on any atom is -0.316 e. The monoisotopic (exact) mass is 285 g/mol. The first-order chi connectivity index (χ1) is 8.69. The second-order valence-electron chi connectivity index (χ2n) is 3.75. The first-order valence-corrected chi connectivity index (χ1v) is 7.22. The molecule has 1 aromatic heterocycles. The summed E-state index contributed by atoms with van der Waals surface area (Å²) in [5.74, 6) is -2.36. The van der Waals surface area contributed by atoms with Gasteiger partial charge in [0.2, 0.25) is 0 Å². The molecule has 0 amide bonds. The molecule has 2 rings (SSSR count). The predicted molar refractivity (Wildman–Crippen MR) is 74.4 cm³/mol. The van der Waals surface area contributed by atoms with Gasteiger partial charge in [-0.2, -0.15) is 8.78 Å². The van der Waals surface area contributed by atoms with Gasteiger partial charge in [-0.15, -0.1) is 11.3 Å². The molecule has 18 heavy (non-hydrogen) atoms. The Morgan fingerprint density at radius 2 is 2.00 bits per heavy atom. The molecule has 1 heterocycles. The number of thioether (sulfide) groups is 1. The lowest BCUT2D eigenvalue weighted by Gasteiger charge is -2.01. The highest BCUT2D eigenvalue weighted by Gasteiger charge is 2.06. The average molecular weight is 285 g/mol. The number of halogens is 2. The molecule has 0 fully saturated rings.